The maximum Gasteiger partial charge on any atom is 0.244 e. The molecule has 1 heterocycles. The minimum atomic E-state index is -3.36. The Morgan fingerprint density at radius 3 is 2.62 bits per heavy atom. The van der Waals surface area contributed by atoms with Crippen molar-refractivity contribution in [1.82, 2.24) is 14.2 Å². The summed E-state index contributed by atoms with van der Waals surface area (Å²) in [5.41, 5.74) is 1.02. The molecule has 1 aromatic heterocycles. The third-order valence-electron chi connectivity index (χ3n) is 3.93. The van der Waals surface area contributed by atoms with Crippen molar-refractivity contribution in [2.45, 2.75) is 51.1 Å². The standard InChI is InChI=1S/C15H27N3O2S/c1-4-8-18(11-13-6-7-13)21(19,20)15-9-14(10-16-3)17(5-2)12-15/h9,12-13,16H,4-8,10-11H2,1-3H3. The molecule has 0 atom stereocenters. The maximum atomic E-state index is 12.9. The van der Waals surface area contributed by atoms with Crippen molar-refractivity contribution in [3.63, 3.8) is 0 Å². The van der Waals surface area contributed by atoms with Crippen molar-refractivity contribution in [3.05, 3.63) is 18.0 Å². The van der Waals surface area contributed by atoms with Crippen LogP contribution in [0.25, 0.3) is 0 Å². The molecule has 0 amide bonds. The summed E-state index contributed by atoms with van der Waals surface area (Å²) in [6.07, 6.45) is 4.95. The quantitative estimate of drug-likeness (QED) is 0.759. The number of nitrogens with zero attached hydrogens (tertiary/aromatic N) is 2. The Kier molecular flexibility index (Phi) is 5.46. The van der Waals surface area contributed by atoms with Crippen LogP contribution in [0.15, 0.2) is 17.2 Å². The zero-order valence-corrected chi connectivity index (χ0v) is 14.1. The molecule has 120 valence electrons. The van der Waals surface area contributed by atoms with Crippen molar-refractivity contribution in [1.29, 1.82) is 0 Å². The van der Waals surface area contributed by atoms with E-state index in [1.165, 1.54) is 0 Å². The molecule has 0 aliphatic heterocycles. The minimum Gasteiger partial charge on any atom is -0.349 e. The van der Waals surface area contributed by atoms with Gasteiger partial charge in [0.05, 0.1) is 0 Å². The summed E-state index contributed by atoms with van der Waals surface area (Å²) in [6, 6.07) is 1.81. The van der Waals surface area contributed by atoms with Gasteiger partial charge in [0.15, 0.2) is 0 Å². The van der Waals surface area contributed by atoms with Crippen LogP contribution >= 0.6 is 0 Å². The van der Waals surface area contributed by atoms with Crippen molar-refractivity contribution in [3.8, 4) is 0 Å². The van der Waals surface area contributed by atoms with Gasteiger partial charge in [-0.05, 0) is 45.2 Å². The summed E-state index contributed by atoms with van der Waals surface area (Å²) in [5.74, 6) is 0.566. The third kappa shape index (κ3) is 3.87. The second-order valence-corrected chi connectivity index (χ2v) is 7.73. The Morgan fingerprint density at radius 2 is 2.10 bits per heavy atom. The van der Waals surface area contributed by atoms with Crippen LogP contribution in [0.5, 0.6) is 0 Å². The Balaban J connectivity index is 2.27. The molecule has 1 saturated carbocycles. The monoisotopic (exact) mass is 313 g/mol. The zero-order valence-electron chi connectivity index (χ0n) is 13.3. The van der Waals surface area contributed by atoms with Gasteiger partial charge in [-0.2, -0.15) is 4.31 Å². The normalized spacial score (nSPS) is 15.8. The van der Waals surface area contributed by atoms with Crippen LogP contribution in [0, 0.1) is 5.92 Å². The molecule has 0 saturated heterocycles. The molecule has 0 radical (unpaired) electrons. The highest BCUT2D eigenvalue weighted by atomic mass is 32.2. The number of rotatable bonds is 9. The predicted molar refractivity (Wildman–Crippen MR) is 84.6 cm³/mol. The first-order chi connectivity index (χ1) is 10.0. The van der Waals surface area contributed by atoms with Gasteiger partial charge >= 0.3 is 0 Å². The maximum absolute atomic E-state index is 12.9. The van der Waals surface area contributed by atoms with E-state index < -0.39 is 10.0 Å². The van der Waals surface area contributed by atoms with Crippen LogP contribution in [0.3, 0.4) is 0 Å². The van der Waals surface area contributed by atoms with Gasteiger partial charge in [0, 0.05) is 38.1 Å². The third-order valence-corrected chi connectivity index (χ3v) is 5.76. The Hall–Kier alpha value is -0.850. The Morgan fingerprint density at radius 1 is 1.38 bits per heavy atom. The summed E-state index contributed by atoms with van der Waals surface area (Å²) in [7, 11) is -1.49. The minimum absolute atomic E-state index is 0.434. The van der Waals surface area contributed by atoms with Crippen LogP contribution in [0.1, 0.15) is 38.8 Å². The van der Waals surface area contributed by atoms with Gasteiger partial charge in [-0.15, -0.1) is 0 Å². The molecular weight excluding hydrogens is 286 g/mol. The highest BCUT2D eigenvalue weighted by Gasteiger charge is 2.32. The van der Waals surface area contributed by atoms with E-state index >= 15 is 0 Å². The molecule has 1 aromatic rings. The molecule has 1 aliphatic carbocycles. The lowest BCUT2D eigenvalue weighted by atomic mass is 10.4. The molecule has 5 nitrogen and oxygen atoms in total. The number of hydrogen-bond donors (Lipinski definition) is 1. The fourth-order valence-corrected chi connectivity index (χ4v) is 4.26. The van der Waals surface area contributed by atoms with Gasteiger partial charge < -0.3 is 9.88 Å². The van der Waals surface area contributed by atoms with Crippen molar-refractivity contribution in [2.75, 3.05) is 20.1 Å². The van der Waals surface area contributed by atoms with Gasteiger partial charge in [-0.3, -0.25) is 0 Å². The van der Waals surface area contributed by atoms with Gasteiger partial charge in [0.2, 0.25) is 10.0 Å². The number of aromatic nitrogens is 1. The molecule has 2 rings (SSSR count). The van der Waals surface area contributed by atoms with Crippen molar-refractivity contribution < 1.29 is 8.42 Å². The number of aryl methyl sites for hydroxylation is 1. The first kappa shape index (κ1) is 16.5. The molecular formula is C15H27N3O2S. The average Bonchev–Trinajstić information content (AvgIpc) is 3.17. The summed E-state index contributed by atoms with van der Waals surface area (Å²) in [6.45, 7) is 6.80. The summed E-state index contributed by atoms with van der Waals surface area (Å²) < 4.78 is 29.4. The molecule has 0 aromatic carbocycles. The number of sulfonamides is 1. The molecule has 1 aliphatic rings. The number of hydrogen-bond acceptors (Lipinski definition) is 3. The molecule has 6 heteroatoms. The van der Waals surface area contributed by atoms with Gasteiger partial charge in [0.1, 0.15) is 4.90 Å². The lowest BCUT2D eigenvalue weighted by molar-refractivity contribution is 0.395. The van der Waals surface area contributed by atoms with Crippen molar-refractivity contribution in [2.24, 2.45) is 5.92 Å². The molecule has 0 spiro atoms. The van der Waals surface area contributed by atoms with E-state index in [1.807, 2.05) is 31.5 Å². The van der Waals surface area contributed by atoms with Gasteiger partial charge in [0.25, 0.3) is 0 Å². The summed E-state index contributed by atoms with van der Waals surface area (Å²) in [5, 5.41) is 3.09. The van der Waals surface area contributed by atoms with Crippen molar-refractivity contribution >= 4 is 10.0 Å². The first-order valence-corrected chi connectivity index (χ1v) is 9.30. The Labute approximate surface area is 128 Å². The fourth-order valence-electron chi connectivity index (χ4n) is 2.59. The van der Waals surface area contributed by atoms with E-state index in [4.69, 9.17) is 0 Å². The van der Waals surface area contributed by atoms with E-state index in [-0.39, 0.29) is 0 Å². The van der Waals surface area contributed by atoms with E-state index in [2.05, 4.69) is 5.32 Å². The summed E-state index contributed by atoms with van der Waals surface area (Å²) in [4.78, 5) is 0.434. The van der Waals surface area contributed by atoms with Crippen LogP contribution in [0.2, 0.25) is 0 Å². The SMILES string of the molecule is CCCN(CC1CC1)S(=O)(=O)c1cc(CNC)n(CC)c1. The molecule has 0 bridgehead atoms. The van der Waals surface area contributed by atoms with Crippen LogP contribution in [-0.2, 0) is 23.1 Å². The van der Waals surface area contributed by atoms with Crippen LogP contribution < -0.4 is 5.32 Å². The lowest BCUT2D eigenvalue weighted by Crippen LogP contribution is -2.33. The lowest BCUT2D eigenvalue weighted by Gasteiger charge is -2.20. The van der Waals surface area contributed by atoms with E-state index in [1.54, 1.807) is 10.5 Å². The highest BCUT2D eigenvalue weighted by molar-refractivity contribution is 7.89. The topological polar surface area (TPSA) is 54.3 Å². The fraction of sp³-hybridized carbons (Fsp3) is 0.733. The van der Waals surface area contributed by atoms with E-state index in [9.17, 15) is 8.42 Å². The molecule has 1 N–H and O–H groups in total. The smallest absolute Gasteiger partial charge is 0.244 e. The second kappa shape index (κ2) is 6.94. The molecule has 0 unspecified atom stereocenters. The number of nitrogens with one attached hydrogen (secondary N) is 1. The van der Waals surface area contributed by atoms with E-state index in [0.29, 0.717) is 30.4 Å². The Bertz CT molecular complexity index is 561. The van der Waals surface area contributed by atoms with E-state index in [0.717, 1.165) is 31.5 Å². The van der Waals surface area contributed by atoms with Crippen LogP contribution in [0.4, 0.5) is 0 Å². The molecule has 1 fully saturated rings. The van der Waals surface area contributed by atoms with Gasteiger partial charge in [-0.1, -0.05) is 6.92 Å². The predicted octanol–water partition coefficient (Wildman–Crippen LogP) is 2.04. The zero-order chi connectivity index (χ0) is 15.5. The summed E-state index contributed by atoms with van der Waals surface area (Å²) >= 11 is 0. The largest absolute Gasteiger partial charge is 0.349 e. The molecule has 21 heavy (non-hydrogen) atoms. The highest BCUT2D eigenvalue weighted by Crippen LogP contribution is 2.32. The second-order valence-electron chi connectivity index (χ2n) is 5.79. The van der Waals surface area contributed by atoms with Gasteiger partial charge in [-0.25, -0.2) is 8.42 Å². The first-order valence-electron chi connectivity index (χ1n) is 7.86. The van der Waals surface area contributed by atoms with Crippen LogP contribution in [-0.4, -0.2) is 37.4 Å². The average molecular weight is 313 g/mol.